The highest BCUT2D eigenvalue weighted by atomic mass is 19.1. The molecule has 0 bridgehead atoms. The maximum Gasteiger partial charge on any atom is 0.410 e. The van der Waals surface area contributed by atoms with Crippen molar-refractivity contribution < 1.29 is 43.2 Å². The topological polar surface area (TPSA) is 119 Å². The number of unbranched alkanes of at least 4 members (excludes halogenated alkanes) is 2. The number of aliphatic hydroxyl groups excluding tert-OH is 2. The van der Waals surface area contributed by atoms with Crippen LogP contribution in [0.15, 0.2) is 170 Å². The Morgan fingerprint density at radius 1 is 0.812 bits per heavy atom. The minimum atomic E-state index is -1.53. The molecule has 1 saturated carbocycles. The maximum absolute atomic E-state index is 14.8. The van der Waals surface area contributed by atoms with E-state index < -0.39 is 29.7 Å². The third-order valence-electron chi connectivity index (χ3n) is 13.5. The van der Waals surface area contributed by atoms with Crippen molar-refractivity contribution in [2.45, 2.75) is 82.3 Å². The van der Waals surface area contributed by atoms with Gasteiger partial charge in [-0.2, -0.15) is 0 Å². The molecule has 1 heterocycles. The molecule has 5 aromatic carbocycles. The number of allylic oxidation sites excluding steroid dienone is 1. The van der Waals surface area contributed by atoms with Crippen molar-refractivity contribution >= 4 is 11.8 Å². The van der Waals surface area contributed by atoms with E-state index in [1.165, 1.54) is 12.1 Å². The van der Waals surface area contributed by atoms with E-state index in [1.807, 2.05) is 84.9 Å². The number of hydrogen-bond acceptors (Lipinski definition) is 9. The van der Waals surface area contributed by atoms with E-state index in [4.69, 9.17) is 28.9 Å². The smallest absolute Gasteiger partial charge is 0.410 e. The van der Waals surface area contributed by atoms with E-state index in [9.17, 15) is 19.4 Å². The van der Waals surface area contributed by atoms with E-state index >= 15 is 0 Å². The minimum absolute atomic E-state index is 0.00548. The highest BCUT2D eigenvalue weighted by Gasteiger charge is 2.65. The van der Waals surface area contributed by atoms with E-state index in [1.54, 1.807) is 29.2 Å². The van der Waals surface area contributed by atoms with Gasteiger partial charge in [-0.3, -0.25) is 4.90 Å². The van der Waals surface area contributed by atoms with Crippen LogP contribution >= 0.6 is 0 Å². The summed E-state index contributed by atoms with van der Waals surface area (Å²) in [7, 11) is 0. The molecule has 10 nitrogen and oxygen atoms in total. The minimum Gasteiger partial charge on any atom is -0.459 e. The molecule has 5 aromatic rings. The first-order valence-electron chi connectivity index (χ1n) is 24.2. The van der Waals surface area contributed by atoms with E-state index in [0.717, 1.165) is 53.5 Å². The summed E-state index contributed by atoms with van der Waals surface area (Å²) in [5.74, 6) is -0.866. The zero-order valence-corrected chi connectivity index (χ0v) is 39.2. The van der Waals surface area contributed by atoms with E-state index in [-0.39, 0.29) is 63.8 Å². The van der Waals surface area contributed by atoms with Crippen LogP contribution in [-0.4, -0.2) is 65.2 Å². The van der Waals surface area contributed by atoms with Crippen molar-refractivity contribution in [2.75, 3.05) is 26.4 Å². The normalized spacial score (nSPS) is 21.8. The molecule has 2 aliphatic carbocycles. The lowest BCUT2D eigenvalue weighted by atomic mass is 9.55. The van der Waals surface area contributed by atoms with Crippen LogP contribution in [0.1, 0.15) is 74.0 Å². The summed E-state index contributed by atoms with van der Waals surface area (Å²) in [6.07, 6.45) is 10.1. The standard InChI is InChI=1S/C58H63FN2O8/c1-3-5-35-65-57(64)61(39-41-22-26-46(59)27-23-41)54-38-52(60-67-40-42-16-8-6-9-17-42)50-36-45(20-12-14-32-62)49(21-13-15-33-63)55-51-37-48(30-31-53(51)69-58(54,56(50)55)66-34-4-2)68-47-28-24-44(25-29-47)43-18-10-7-11-19-43/h3-4,6-11,16-19,22-31,36-37,45,49,54-56,62-63H,1-2,5,12-15,20-21,32-35,38-40H2. The lowest BCUT2D eigenvalue weighted by Gasteiger charge is -2.59. The van der Waals surface area contributed by atoms with Crippen molar-refractivity contribution in [1.29, 1.82) is 0 Å². The summed E-state index contributed by atoms with van der Waals surface area (Å²) in [4.78, 5) is 22.6. The number of oxime groups is 1. The van der Waals surface area contributed by atoms with Gasteiger partial charge in [0.15, 0.2) is 0 Å². The number of nitrogens with zero attached hydrogens (tertiary/aromatic N) is 2. The van der Waals surface area contributed by atoms with E-state index in [0.29, 0.717) is 47.8 Å². The van der Waals surface area contributed by atoms with Gasteiger partial charge >= 0.3 is 6.09 Å². The number of carbonyl (C=O) groups excluding carboxylic acids is 1. The highest BCUT2D eigenvalue weighted by molar-refractivity contribution is 6.03. The molecule has 1 fully saturated rings. The van der Waals surface area contributed by atoms with Gasteiger partial charge in [-0.1, -0.05) is 121 Å². The fourth-order valence-corrected chi connectivity index (χ4v) is 10.4. The van der Waals surface area contributed by atoms with Crippen LogP contribution in [-0.2, 0) is 27.5 Å². The summed E-state index contributed by atoms with van der Waals surface area (Å²) >= 11 is 0. The van der Waals surface area contributed by atoms with Crippen LogP contribution in [0.25, 0.3) is 11.1 Å². The number of hydrogen-bond donors (Lipinski definition) is 2. The van der Waals surface area contributed by atoms with Crippen molar-refractivity contribution in [3.05, 3.63) is 187 Å². The zero-order valence-electron chi connectivity index (χ0n) is 39.2. The van der Waals surface area contributed by atoms with Gasteiger partial charge in [-0.15, -0.1) is 13.2 Å². The molecule has 1 aliphatic heterocycles. The van der Waals surface area contributed by atoms with Crippen molar-refractivity contribution in [3.8, 4) is 28.4 Å². The Balaban J connectivity index is 1.30. The molecule has 1 amide bonds. The third kappa shape index (κ3) is 11.5. The van der Waals surface area contributed by atoms with Crippen LogP contribution < -0.4 is 9.47 Å². The average Bonchev–Trinajstić information content (AvgIpc) is 3.38. The molecule has 3 aliphatic rings. The molecule has 0 spiro atoms. The zero-order chi connectivity index (χ0) is 48.0. The van der Waals surface area contributed by atoms with Crippen LogP contribution in [0, 0.1) is 23.6 Å². The molecule has 11 heteroatoms. The molecule has 6 atom stereocenters. The average molecular weight is 935 g/mol. The molecule has 6 unspecified atom stereocenters. The summed E-state index contributed by atoms with van der Waals surface area (Å²) in [5, 5.41) is 25.0. The van der Waals surface area contributed by atoms with Crippen molar-refractivity contribution in [3.63, 3.8) is 0 Å². The molecule has 69 heavy (non-hydrogen) atoms. The number of rotatable bonds is 23. The lowest BCUT2D eigenvalue weighted by Crippen LogP contribution is -2.70. The van der Waals surface area contributed by atoms with Gasteiger partial charge in [0.05, 0.1) is 24.8 Å². The Morgan fingerprint density at radius 2 is 1.51 bits per heavy atom. The van der Waals surface area contributed by atoms with Crippen LogP contribution in [0.5, 0.6) is 17.2 Å². The molecule has 0 aromatic heterocycles. The molecule has 8 rings (SSSR count). The fraction of sp³-hybridized carbons (Fsp3) is 0.345. The summed E-state index contributed by atoms with van der Waals surface area (Å²) in [6, 6.07) is 39.2. The van der Waals surface area contributed by atoms with Crippen molar-refractivity contribution in [2.24, 2.45) is 22.9 Å². The van der Waals surface area contributed by atoms with Crippen LogP contribution in [0.4, 0.5) is 9.18 Å². The second-order valence-electron chi connectivity index (χ2n) is 18.0. The van der Waals surface area contributed by atoms with Gasteiger partial charge in [0.25, 0.3) is 0 Å². The number of carbonyl (C=O) groups is 1. The van der Waals surface area contributed by atoms with Gasteiger partial charge in [0.2, 0.25) is 5.79 Å². The molecule has 0 saturated heterocycles. The van der Waals surface area contributed by atoms with Gasteiger partial charge in [0.1, 0.15) is 35.7 Å². The first kappa shape index (κ1) is 48.9. The Bertz CT molecular complexity index is 2530. The van der Waals surface area contributed by atoms with Gasteiger partial charge < -0.3 is 34.0 Å². The maximum atomic E-state index is 14.8. The first-order valence-corrected chi connectivity index (χ1v) is 24.2. The predicted octanol–water partition coefficient (Wildman–Crippen LogP) is 12.3. The largest absolute Gasteiger partial charge is 0.459 e. The first-order chi connectivity index (χ1) is 33.8. The van der Waals surface area contributed by atoms with Crippen molar-refractivity contribution in [1.82, 2.24) is 4.90 Å². The highest BCUT2D eigenvalue weighted by Crippen LogP contribution is 2.62. The molecule has 0 radical (unpaired) electrons. The quantitative estimate of drug-likeness (QED) is 0.0378. The number of halogens is 1. The summed E-state index contributed by atoms with van der Waals surface area (Å²) in [6.45, 7) is 8.47. The van der Waals surface area contributed by atoms with Gasteiger partial charge in [0, 0.05) is 37.7 Å². The summed E-state index contributed by atoms with van der Waals surface area (Å²) in [5.41, 5.74) is 6.28. The Morgan fingerprint density at radius 3 is 2.22 bits per heavy atom. The lowest BCUT2D eigenvalue weighted by molar-refractivity contribution is -0.256. The number of benzene rings is 5. The second kappa shape index (κ2) is 23.7. The number of fused-ring (bicyclic) bond motifs is 2. The van der Waals surface area contributed by atoms with Gasteiger partial charge in [-0.05, 0) is 114 Å². The predicted molar refractivity (Wildman–Crippen MR) is 266 cm³/mol. The van der Waals surface area contributed by atoms with E-state index in [2.05, 4.69) is 37.4 Å². The molecule has 360 valence electrons. The monoisotopic (exact) mass is 934 g/mol. The fourth-order valence-electron chi connectivity index (χ4n) is 10.4. The Hall–Kier alpha value is -6.53. The molecular weight excluding hydrogens is 872 g/mol. The molecule has 2 N–H and O–H groups in total. The number of ether oxygens (including phenoxy) is 4. The SMILES string of the molecule is C=CCCOC(=O)N(Cc1ccc(F)cc1)C1CC(=NOCc2ccccc2)C2=CC(CCCCO)C(CCCCO)C3c4cc(Oc5ccc(-c6ccccc6)cc5)ccc4OC1(OCC=C)C23. The summed E-state index contributed by atoms with van der Waals surface area (Å²) < 4.78 is 41.6. The Kier molecular flexibility index (Phi) is 16.8. The van der Waals surface area contributed by atoms with Gasteiger partial charge in [-0.25, -0.2) is 9.18 Å². The number of aliphatic hydroxyl groups is 2. The molecular formula is C58H63FN2O8. The Labute approximate surface area is 405 Å². The third-order valence-corrected chi connectivity index (χ3v) is 13.5. The van der Waals surface area contributed by atoms with Crippen LogP contribution in [0.2, 0.25) is 0 Å². The second-order valence-corrected chi connectivity index (χ2v) is 18.0. The number of amides is 1. The van der Waals surface area contributed by atoms with Crippen LogP contribution in [0.3, 0.4) is 0 Å².